The number of carbonyl (C=O) groups excluding carboxylic acids is 3. The van der Waals surface area contributed by atoms with E-state index in [-0.39, 0.29) is 35.5 Å². The highest BCUT2D eigenvalue weighted by Gasteiger charge is 2.48. The maximum absolute atomic E-state index is 14.5. The number of halogens is 3. The standard InChI is InChI=1S/C39H58FN5O.2C37H56FN5O/c1-39(40)20-17-30(18-21-39)37(46)26-32(29-10-4-3-5-11-29)19-25-45-33-15-16-34(45)36(43(2)27-33)28-44(24-7-6-22-41)35-14-8-12-31-13-9-23-42-38(31)35;2*1-37(38)18-15-30(16-19-37)35(44)26-32(29-10-4-3-5-11-29)17-23-42-25-24-41(2)33(27-42)28-43(22-7-6-20-39)34-14-8-12-31-13-9-21-40-36(31)34/h3-5,9-11,13,23,30,32-36H,6-8,12,14-22,24-28,41H2,1-2H3;2*3-5,9-11,13,21,30,32-34H,6-8,12,14-20,22-28,39H2,1-2H3/t30?,32-,33-,34+,35?,36+,39?;30?,32-,33+,34?,37?;30?,32-,33-,34?,37?/m011/s1. The topological polar surface area (TPSA) is 197 Å². The van der Waals surface area contributed by atoms with Crippen LogP contribution >= 0.6 is 0 Å². The summed E-state index contributed by atoms with van der Waals surface area (Å²) in [7, 11) is 6.91. The van der Waals surface area contributed by atoms with Gasteiger partial charge >= 0.3 is 0 Å². The van der Waals surface area contributed by atoms with Gasteiger partial charge in [0.25, 0.3) is 0 Å². The first-order chi connectivity index (χ1) is 65.0. The van der Waals surface area contributed by atoms with Crippen molar-refractivity contribution in [3.05, 3.63) is 196 Å². The van der Waals surface area contributed by atoms with Crippen LogP contribution < -0.4 is 17.2 Å². The molecule has 16 rings (SSSR count). The molecule has 21 heteroatoms. The van der Waals surface area contributed by atoms with Crippen molar-refractivity contribution < 1.29 is 27.6 Å². The van der Waals surface area contributed by atoms with Gasteiger partial charge < -0.3 is 27.0 Å². The molecule has 6 aliphatic carbocycles. The van der Waals surface area contributed by atoms with Crippen LogP contribution in [0.15, 0.2) is 146 Å². The molecule has 7 heterocycles. The van der Waals surface area contributed by atoms with Crippen molar-refractivity contribution >= 4 is 17.3 Å². The van der Waals surface area contributed by atoms with Gasteiger partial charge in [-0.1, -0.05) is 109 Å². The Kier molecular flexibility index (Phi) is 39.3. The first kappa shape index (κ1) is 103. The lowest BCUT2D eigenvalue weighted by Gasteiger charge is -2.48. The Hall–Kier alpha value is -6.57. The van der Waals surface area contributed by atoms with Gasteiger partial charge in [-0.15, -0.1) is 0 Å². The van der Waals surface area contributed by atoms with Gasteiger partial charge in [0.2, 0.25) is 0 Å². The summed E-state index contributed by atoms with van der Waals surface area (Å²) in [6.45, 7) is 24.0. The highest BCUT2D eigenvalue weighted by molar-refractivity contribution is 5.83. The number of hydrogen-bond donors (Lipinski definition) is 3. The molecule has 11 atom stereocenters. The van der Waals surface area contributed by atoms with E-state index in [0.29, 0.717) is 162 Å². The fourth-order valence-electron chi connectivity index (χ4n) is 25.0. The van der Waals surface area contributed by atoms with Gasteiger partial charge in [-0.25, -0.2) is 13.2 Å². The molecule has 0 radical (unpaired) electrons. The molecule has 134 heavy (non-hydrogen) atoms. The van der Waals surface area contributed by atoms with E-state index in [4.69, 9.17) is 32.2 Å². The minimum absolute atomic E-state index is 0.0164. The molecule has 7 fully saturated rings. The summed E-state index contributed by atoms with van der Waals surface area (Å²) in [5.41, 5.74) is 26.3. The number of aryl methyl sites for hydroxylation is 3. The zero-order chi connectivity index (χ0) is 94.0. The lowest BCUT2D eigenvalue weighted by molar-refractivity contribution is -0.126. The third-order valence-electron chi connectivity index (χ3n) is 33.7. The number of likely N-dealkylation sites (tertiary alicyclic amines) is 1. The van der Waals surface area contributed by atoms with Crippen molar-refractivity contribution in [1.29, 1.82) is 0 Å². The van der Waals surface area contributed by atoms with Crippen LogP contribution in [-0.4, -0.2) is 269 Å². The van der Waals surface area contributed by atoms with Crippen molar-refractivity contribution in [3.63, 3.8) is 0 Å². The van der Waals surface area contributed by atoms with Crippen LogP contribution in [0.2, 0.25) is 0 Å². The largest absolute Gasteiger partial charge is 0.330 e. The highest BCUT2D eigenvalue weighted by Crippen LogP contribution is 2.45. The third kappa shape index (κ3) is 29.3. The number of hydrogen-bond acceptors (Lipinski definition) is 18. The summed E-state index contributed by atoms with van der Waals surface area (Å²) >= 11 is 0. The first-order valence-electron chi connectivity index (χ1n) is 53.2. The Bertz CT molecular complexity index is 4300. The molecule has 2 bridgehead atoms. The lowest BCUT2D eigenvalue weighted by atomic mass is 9.76. The molecule has 3 unspecified atom stereocenters. The summed E-state index contributed by atoms with van der Waals surface area (Å²) in [4.78, 5) is 79.2. The van der Waals surface area contributed by atoms with E-state index in [1.54, 1.807) is 20.8 Å². The van der Waals surface area contributed by atoms with E-state index in [2.05, 4.69) is 193 Å². The maximum Gasteiger partial charge on any atom is 0.136 e. The predicted octanol–water partition coefficient (Wildman–Crippen LogP) is 19.0. The molecule has 4 aliphatic heterocycles. The molecule has 0 amide bonds. The van der Waals surface area contributed by atoms with E-state index in [0.717, 1.165) is 201 Å². The van der Waals surface area contributed by atoms with Crippen LogP contribution in [0.25, 0.3) is 0 Å². The molecule has 6 N–H and O–H groups in total. The Balaban J connectivity index is 0.000000161. The fourth-order valence-corrected chi connectivity index (χ4v) is 25.0. The van der Waals surface area contributed by atoms with Gasteiger partial charge in [0, 0.05) is 151 Å². The second-order valence-corrected chi connectivity index (χ2v) is 43.5. The van der Waals surface area contributed by atoms with Crippen LogP contribution in [0.1, 0.15) is 313 Å². The second kappa shape index (κ2) is 51.0. The maximum atomic E-state index is 14.5. The fraction of sp³-hybridized carbons (Fsp3) is 0.681. The minimum atomic E-state index is -1.11. The van der Waals surface area contributed by atoms with Gasteiger partial charge in [0.15, 0.2) is 0 Å². The summed E-state index contributed by atoms with van der Waals surface area (Å²) in [5.74, 6) is 1.69. The zero-order valence-electron chi connectivity index (χ0n) is 83.1. The number of pyridine rings is 3. The Morgan fingerprint density at radius 2 is 0.731 bits per heavy atom. The van der Waals surface area contributed by atoms with Crippen molar-refractivity contribution in [2.24, 2.45) is 35.0 Å². The number of aromatic nitrogens is 3. The smallest absolute Gasteiger partial charge is 0.136 e. The van der Waals surface area contributed by atoms with Crippen molar-refractivity contribution in [1.82, 2.24) is 59.1 Å². The number of nitrogens with two attached hydrogens (primary N) is 3. The lowest BCUT2D eigenvalue weighted by Crippen LogP contribution is -2.61. The van der Waals surface area contributed by atoms with Crippen LogP contribution in [0.5, 0.6) is 0 Å². The number of rotatable bonds is 42. The average Bonchev–Trinajstić information content (AvgIpc) is 1.58. The van der Waals surface area contributed by atoms with Gasteiger partial charge in [0.1, 0.15) is 34.4 Å². The normalized spacial score (nSPS) is 28.5. The number of carbonyl (C=O) groups is 3. The Morgan fingerprint density at radius 1 is 0.396 bits per heavy atom. The molecule has 3 aromatic heterocycles. The molecular formula is C113H170F3N15O3. The van der Waals surface area contributed by atoms with E-state index in [9.17, 15) is 27.6 Å². The Morgan fingerprint density at radius 3 is 1.07 bits per heavy atom. The molecule has 3 saturated carbocycles. The zero-order valence-corrected chi connectivity index (χ0v) is 83.1. The number of piperazine rings is 3. The number of alkyl halides is 3. The highest BCUT2D eigenvalue weighted by atomic mass is 19.2. The van der Waals surface area contributed by atoms with Gasteiger partial charge in [-0.05, 0) is 376 Å². The number of fused-ring (bicyclic) bond motifs is 5. The number of benzene rings is 3. The number of nitrogens with zero attached hydrogens (tertiary/aromatic N) is 12. The monoisotopic (exact) mass is 1840 g/mol. The molecule has 0 spiro atoms. The summed E-state index contributed by atoms with van der Waals surface area (Å²) in [6.07, 6.45) is 37.4. The first-order valence-corrected chi connectivity index (χ1v) is 53.2. The van der Waals surface area contributed by atoms with Gasteiger partial charge in [-0.2, -0.15) is 0 Å². The second-order valence-electron chi connectivity index (χ2n) is 43.5. The van der Waals surface area contributed by atoms with Crippen LogP contribution in [0.3, 0.4) is 0 Å². The number of ketones is 3. The third-order valence-corrected chi connectivity index (χ3v) is 33.7. The predicted molar refractivity (Wildman–Crippen MR) is 540 cm³/mol. The van der Waals surface area contributed by atoms with Gasteiger partial charge in [-0.3, -0.25) is 63.6 Å². The van der Waals surface area contributed by atoms with Crippen molar-refractivity contribution in [2.45, 2.75) is 329 Å². The van der Waals surface area contributed by atoms with E-state index >= 15 is 0 Å². The number of Topliss-reactive ketones (excluding diaryl/α,β-unsaturated/α-hetero) is 3. The summed E-state index contributed by atoms with van der Waals surface area (Å²) in [6, 6.07) is 48.6. The molecule has 10 aliphatic rings. The Labute approximate surface area is 804 Å². The molecule has 18 nitrogen and oxygen atoms in total. The summed E-state index contributed by atoms with van der Waals surface area (Å²) in [5, 5.41) is 0. The molecule has 736 valence electrons. The van der Waals surface area contributed by atoms with Crippen molar-refractivity contribution in [3.8, 4) is 0 Å². The van der Waals surface area contributed by atoms with Gasteiger partial charge in [0.05, 0.1) is 35.2 Å². The van der Waals surface area contributed by atoms with Crippen molar-refractivity contribution in [2.75, 3.05) is 145 Å². The van der Waals surface area contributed by atoms with E-state index < -0.39 is 17.0 Å². The van der Waals surface area contributed by atoms with Crippen LogP contribution in [0.4, 0.5) is 13.2 Å². The van der Waals surface area contributed by atoms with E-state index in [1.165, 1.54) is 102 Å². The SMILES string of the molecule is CN1CCN(CC[C@H](CC(=O)C2CCC(C)(F)CC2)c2ccccc2)C[C@@H]1CN(CCCCN)C1CCCc2cccnc21.CN1CCN(CC[C@H](CC(=O)C2CCC(C)(F)CC2)c2ccccc2)C[C@H]1CN(CCCCN)C1CCCc2cccnc21.CN1C[C@@H]2CC[C@H]([C@H]1CN(CCCCN)C1CCCc3cccnc31)N2CC[C@@H](CC(=O)C1CCC(C)(F)CC1)c1ccccc1. The minimum Gasteiger partial charge on any atom is -0.330 e. The van der Waals surface area contributed by atoms with Crippen LogP contribution in [-0.2, 0) is 33.6 Å². The molecule has 4 saturated heterocycles. The average molecular weight is 1840 g/mol. The number of unbranched alkanes of at least 4 members (excludes halogenated alkanes) is 3. The van der Waals surface area contributed by atoms with E-state index in [1.807, 2.05) is 18.6 Å². The number of likely N-dealkylation sites (N-methyl/N-ethyl adjacent to an activating group) is 3. The quantitative estimate of drug-likeness (QED) is 0.0306. The molecule has 3 aromatic carbocycles. The molecular weight excluding hydrogens is 1670 g/mol. The van der Waals surface area contributed by atoms with Crippen LogP contribution in [0, 0.1) is 17.8 Å². The summed E-state index contributed by atoms with van der Waals surface area (Å²) < 4.78 is 43.3. The molecule has 6 aromatic rings.